The van der Waals surface area contributed by atoms with Crippen LogP contribution in [0, 0.1) is 6.92 Å². The molecule has 0 fully saturated rings. The zero-order valence-electron chi connectivity index (χ0n) is 28.5. The molecular formula is C37H41N5O8. The van der Waals surface area contributed by atoms with Crippen molar-refractivity contribution in [3.8, 4) is 28.4 Å². The van der Waals surface area contributed by atoms with Gasteiger partial charge in [-0.3, -0.25) is 19.2 Å². The molecule has 2 aliphatic rings. The van der Waals surface area contributed by atoms with Gasteiger partial charge in [0.15, 0.2) is 23.0 Å². The normalized spacial score (nSPS) is 15.5. The molecule has 13 heteroatoms. The lowest BCUT2D eigenvalue weighted by Gasteiger charge is -2.23. The smallest absolute Gasteiger partial charge is 0.253 e. The van der Waals surface area contributed by atoms with E-state index in [0.29, 0.717) is 107 Å². The highest BCUT2D eigenvalue weighted by molar-refractivity contribution is 5.97. The standard InChI is InChI=1S/C37H41N5O8/c1-23(43)39-21-34(44)42-14-16-49-35-28(22-42)17-27-20-33(35)48-15-6-13-41(37(46)26-7-9-30-32(19-26)50-24(2)40-30)12-5-4-11-38-36(45)25-8-10-31(47-3)29(27)18-25/h7-10,17-20H,4-6,11-16,21-22H2,1-3H3,(H,38,45)(H,39,43). The number of nitrogens with one attached hydrogen (secondary N) is 2. The summed E-state index contributed by atoms with van der Waals surface area (Å²) < 4.78 is 24.0. The van der Waals surface area contributed by atoms with Crippen LogP contribution < -0.4 is 24.8 Å². The highest BCUT2D eigenvalue weighted by Gasteiger charge is 2.25. The van der Waals surface area contributed by atoms with E-state index in [9.17, 15) is 19.2 Å². The summed E-state index contributed by atoms with van der Waals surface area (Å²) in [5.74, 6) is 1.18. The van der Waals surface area contributed by atoms with E-state index in [4.69, 9.17) is 18.6 Å². The van der Waals surface area contributed by atoms with Gasteiger partial charge < -0.3 is 39.1 Å². The fourth-order valence-corrected chi connectivity index (χ4v) is 6.19. The molecule has 1 aromatic heterocycles. The summed E-state index contributed by atoms with van der Waals surface area (Å²) in [4.78, 5) is 59.3. The van der Waals surface area contributed by atoms with Crippen LogP contribution in [0.5, 0.6) is 17.2 Å². The molecule has 0 unspecified atom stereocenters. The van der Waals surface area contributed by atoms with E-state index in [1.807, 2.05) is 12.1 Å². The Balaban J connectivity index is 1.31. The second-order valence-corrected chi connectivity index (χ2v) is 12.3. The van der Waals surface area contributed by atoms with Gasteiger partial charge >= 0.3 is 0 Å². The molecule has 2 N–H and O–H groups in total. The largest absolute Gasteiger partial charge is 0.496 e. The van der Waals surface area contributed by atoms with Gasteiger partial charge in [0.2, 0.25) is 11.8 Å². The zero-order valence-corrected chi connectivity index (χ0v) is 28.5. The Bertz CT molecular complexity index is 1920. The minimum atomic E-state index is -0.291. The number of amides is 4. The van der Waals surface area contributed by atoms with Gasteiger partial charge in [-0.15, -0.1) is 0 Å². The number of benzene rings is 3. The predicted octanol–water partition coefficient (Wildman–Crippen LogP) is 4.10. The maximum atomic E-state index is 13.8. The Morgan fingerprint density at radius 1 is 0.940 bits per heavy atom. The average Bonchev–Trinajstić information content (AvgIpc) is 3.35. The van der Waals surface area contributed by atoms with E-state index in [1.54, 1.807) is 60.2 Å². The first-order chi connectivity index (χ1) is 24.2. The highest BCUT2D eigenvalue weighted by Crippen LogP contribution is 2.41. The van der Waals surface area contributed by atoms with E-state index < -0.39 is 0 Å². The van der Waals surface area contributed by atoms with E-state index in [1.165, 1.54) is 6.92 Å². The number of nitrogens with zero attached hydrogens (tertiary/aromatic N) is 3. The van der Waals surface area contributed by atoms with E-state index in [-0.39, 0.29) is 49.9 Å². The number of hydrogen-bond donors (Lipinski definition) is 2. The van der Waals surface area contributed by atoms with Gasteiger partial charge in [-0.1, -0.05) is 0 Å². The van der Waals surface area contributed by atoms with Crippen LogP contribution in [0.15, 0.2) is 52.9 Å². The maximum absolute atomic E-state index is 13.8. The fourth-order valence-electron chi connectivity index (χ4n) is 6.19. The van der Waals surface area contributed by atoms with Gasteiger partial charge in [-0.2, -0.15) is 0 Å². The van der Waals surface area contributed by atoms with Crippen molar-refractivity contribution in [2.24, 2.45) is 0 Å². The lowest BCUT2D eigenvalue weighted by molar-refractivity contribution is -0.133. The third-order valence-electron chi connectivity index (χ3n) is 8.71. The van der Waals surface area contributed by atoms with Crippen molar-refractivity contribution in [1.82, 2.24) is 25.4 Å². The number of ether oxygens (including phenoxy) is 3. The number of fused-ring (bicyclic) bond motifs is 8. The minimum absolute atomic E-state index is 0.125. The van der Waals surface area contributed by atoms with Gasteiger partial charge in [0.1, 0.15) is 17.9 Å². The molecule has 0 saturated heterocycles. The van der Waals surface area contributed by atoms with Crippen LogP contribution in [-0.4, -0.2) is 91.5 Å². The van der Waals surface area contributed by atoms with Crippen LogP contribution in [0.3, 0.4) is 0 Å². The zero-order chi connectivity index (χ0) is 35.2. The Hall–Kier alpha value is -5.59. The summed E-state index contributed by atoms with van der Waals surface area (Å²) >= 11 is 0. The highest BCUT2D eigenvalue weighted by atomic mass is 16.5. The van der Waals surface area contributed by atoms with Gasteiger partial charge in [0.25, 0.3) is 11.8 Å². The summed E-state index contributed by atoms with van der Waals surface area (Å²) in [6, 6.07) is 14.3. The van der Waals surface area contributed by atoms with Gasteiger partial charge in [-0.05, 0) is 73.4 Å². The predicted molar refractivity (Wildman–Crippen MR) is 184 cm³/mol. The number of carbonyl (C=O) groups excluding carboxylic acids is 4. The van der Waals surface area contributed by atoms with E-state index in [0.717, 1.165) is 0 Å². The Morgan fingerprint density at radius 2 is 1.78 bits per heavy atom. The monoisotopic (exact) mass is 683 g/mol. The van der Waals surface area contributed by atoms with Crippen LogP contribution in [0.25, 0.3) is 22.2 Å². The Kier molecular flexibility index (Phi) is 10.5. The first kappa shape index (κ1) is 34.3. The number of oxazole rings is 1. The quantitative estimate of drug-likeness (QED) is 0.324. The molecule has 4 amide bonds. The topological polar surface area (TPSA) is 153 Å². The molecule has 0 atom stereocenters. The molecule has 262 valence electrons. The van der Waals surface area contributed by atoms with Gasteiger partial charge in [0.05, 0.1) is 26.8 Å². The Morgan fingerprint density at radius 3 is 2.60 bits per heavy atom. The van der Waals surface area contributed by atoms with E-state index in [2.05, 4.69) is 15.6 Å². The maximum Gasteiger partial charge on any atom is 0.253 e. The van der Waals surface area contributed by atoms with Crippen molar-refractivity contribution in [2.75, 3.05) is 53.0 Å². The molecule has 2 aliphatic heterocycles. The fraction of sp³-hybridized carbons (Fsp3) is 0.378. The van der Waals surface area contributed by atoms with Crippen molar-refractivity contribution in [3.63, 3.8) is 0 Å². The number of carbonyl (C=O) groups is 4. The summed E-state index contributed by atoms with van der Waals surface area (Å²) in [7, 11) is 1.57. The minimum Gasteiger partial charge on any atom is -0.496 e. The van der Waals surface area contributed by atoms with Crippen molar-refractivity contribution >= 4 is 34.7 Å². The van der Waals surface area contributed by atoms with E-state index >= 15 is 0 Å². The van der Waals surface area contributed by atoms with Crippen LogP contribution in [0.4, 0.5) is 0 Å². The number of hydrogen-bond acceptors (Lipinski definition) is 9. The van der Waals surface area contributed by atoms with Crippen molar-refractivity contribution in [2.45, 2.75) is 39.7 Å². The molecule has 6 rings (SSSR count). The second-order valence-electron chi connectivity index (χ2n) is 12.3. The van der Waals surface area contributed by atoms with Crippen molar-refractivity contribution in [1.29, 1.82) is 0 Å². The lowest BCUT2D eigenvalue weighted by Crippen LogP contribution is -2.40. The SMILES string of the molecule is COc1ccc2cc1-c1cc3c(c(c1)OCCCN(C(=O)c1ccc4nc(C)oc4c1)CCCCNC2=O)OCCN(C(=O)CNC(C)=O)C3. The third-order valence-corrected chi connectivity index (χ3v) is 8.71. The molecule has 13 nitrogen and oxygen atoms in total. The van der Waals surface area contributed by atoms with Crippen LogP contribution in [0.2, 0.25) is 0 Å². The van der Waals surface area contributed by atoms with Crippen LogP contribution in [-0.2, 0) is 16.1 Å². The molecule has 0 saturated carbocycles. The second kappa shape index (κ2) is 15.3. The molecule has 0 spiro atoms. The molecule has 4 bridgehead atoms. The van der Waals surface area contributed by atoms with Gasteiger partial charge in [-0.25, -0.2) is 4.98 Å². The van der Waals surface area contributed by atoms with Crippen molar-refractivity contribution in [3.05, 3.63) is 71.1 Å². The molecule has 3 aromatic carbocycles. The number of aromatic nitrogens is 1. The molecule has 3 heterocycles. The molecular weight excluding hydrogens is 642 g/mol. The summed E-state index contributed by atoms with van der Waals surface area (Å²) in [6.45, 7) is 5.42. The first-order valence-corrected chi connectivity index (χ1v) is 16.8. The number of aryl methyl sites for hydroxylation is 1. The number of methoxy groups -OCH3 is 1. The van der Waals surface area contributed by atoms with Gasteiger partial charge in [0, 0.05) is 62.3 Å². The van der Waals surface area contributed by atoms with Crippen LogP contribution >= 0.6 is 0 Å². The molecule has 50 heavy (non-hydrogen) atoms. The first-order valence-electron chi connectivity index (χ1n) is 16.8. The Labute approximate surface area is 289 Å². The van der Waals surface area contributed by atoms with Crippen LogP contribution in [0.1, 0.15) is 58.4 Å². The third kappa shape index (κ3) is 7.82. The van der Waals surface area contributed by atoms with Crippen molar-refractivity contribution < 1.29 is 37.8 Å². The molecule has 0 aliphatic carbocycles. The summed E-state index contributed by atoms with van der Waals surface area (Å²) in [6.07, 6.45) is 1.90. The molecule has 0 radical (unpaired) electrons. The lowest BCUT2D eigenvalue weighted by atomic mass is 9.98. The molecule has 4 aromatic rings. The summed E-state index contributed by atoms with van der Waals surface area (Å²) in [5.41, 5.74) is 4.31. The average molecular weight is 684 g/mol. The summed E-state index contributed by atoms with van der Waals surface area (Å²) in [5, 5.41) is 5.57. The number of rotatable bonds is 4.